The Morgan fingerprint density at radius 2 is 1.97 bits per heavy atom. The number of aliphatic carboxylic acids is 1. The van der Waals surface area contributed by atoms with Crippen molar-refractivity contribution < 1.29 is 14.6 Å². The monoisotopic (exact) mass is 408 g/mol. The van der Waals surface area contributed by atoms with E-state index in [-0.39, 0.29) is 6.42 Å². The lowest BCUT2D eigenvalue weighted by molar-refractivity contribution is -0.136. The van der Waals surface area contributed by atoms with Gasteiger partial charge >= 0.3 is 5.97 Å². The smallest absolute Gasteiger partial charge is 0.307 e. The predicted octanol–water partition coefficient (Wildman–Crippen LogP) is 5.02. The van der Waals surface area contributed by atoms with E-state index in [1.54, 1.807) is 0 Å². The number of ether oxygens (including phenoxy) is 1. The number of rotatable bonds is 11. The molecule has 2 N–H and O–H groups in total. The largest absolute Gasteiger partial charge is 0.493 e. The zero-order valence-corrected chi connectivity index (χ0v) is 18.0. The van der Waals surface area contributed by atoms with Crippen LogP contribution in [0, 0.1) is 11.3 Å². The standard InChI is InChI=1S/C25H32N2O3/c1-3-27(2)24(26)9-5-7-18-6-4-8-20(14-18)21-12-13-23(30-17-19-10-11-19)22(15-21)16-25(28)29/h4,6,8,12-15,19,26H,3,5,7,9-11,16-17H2,1-2H3,(H,28,29). The predicted molar refractivity (Wildman–Crippen MR) is 120 cm³/mol. The maximum atomic E-state index is 11.3. The lowest BCUT2D eigenvalue weighted by Crippen LogP contribution is -2.25. The maximum Gasteiger partial charge on any atom is 0.307 e. The summed E-state index contributed by atoms with van der Waals surface area (Å²) >= 11 is 0. The highest BCUT2D eigenvalue weighted by molar-refractivity contribution is 5.78. The molecule has 160 valence electrons. The van der Waals surface area contributed by atoms with E-state index >= 15 is 0 Å². The van der Waals surface area contributed by atoms with E-state index in [9.17, 15) is 9.90 Å². The van der Waals surface area contributed by atoms with Gasteiger partial charge in [0.25, 0.3) is 0 Å². The van der Waals surface area contributed by atoms with E-state index in [0.29, 0.717) is 24.1 Å². The first-order chi connectivity index (χ1) is 14.5. The third-order valence-electron chi connectivity index (χ3n) is 5.65. The van der Waals surface area contributed by atoms with Crippen molar-refractivity contribution in [3.8, 4) is 16.9 Å². The molecule has 0 saturated heterocycles. The quantitative estimate of drug-likeness (QED) is 0.404. The fourth-order valence-electron chi connectivity index (χ4n) is 3.44. The summed E-state index contributed by atoms with van der Waals surface area (Å²) in [5.74, 6) is 1.13. The van der Waals surface area contributed by atoms with Gasteiger partial charge in [0.1, 0.15) is 5.75 Å². The minimum absolute atomic E-state index is 0.0411. The molecular weight excluding hydrogens is 376 g/mol. The van der Waals surface area contributed by atoms with Gasteiger partial charge in [-0.1, -0.05) is 30.3 Å². The summed E-state index contributed by atoms with van der Waals surface area (Å²) in [4.78, 5) is 13.3. The number of carboxylic acids is 1. The van der Waals surface area contributed by atoms with Gasteiger partial charge in [-0.25, -0.2) is 0 Å². The molecule has 5 heteroatoms. The molecule has 0 unspecified atom stereocenters. The van der Waals surface area contributed by atoms with Crippen LogP contribution in [0.25, 0.3) is 11.1 Å². The topological polar surface area (TPSA) is 73.6 Å². The third-order valence-corrected chi connectivity index (χ3v) is 5.65. The molecule has 0 aliphatic heterocycles. The van der Waals surface area contributed by atoms with E-state index in [1.807, 2.05) is 36.2 Å². The highest BCUT2D eigenvalue weighted by Crippen LogP contribution is 2.32. The molecule has 2 aromatic rings. The number of aryl methyl sites for hydroxylation is 1. The number of carboxylic acid groups (broad SMARTS) is 1. The normalized spacial score (nSPS) is 13.1. The van der Waals surface area contributed by atoms with Crippen LogP contribution in [0.5, 0.6) is 5.75 Å². The van der Waals surface area contributed by atoms with Gasteiger partial charge in [0.2, 0.25) is 0 Å². The molecule has 1 saturated carbocycles. The molecule has 1 fully saturated rings. The Morgan fingerprint density at radius 1 is 1.20 bits per heavy atom. The van der Waals surface area contributed by atoms with Gasteiger partial charge in [-0.3, -0.25) is 10.2 Å². The molecule has 30 heavy (non-hydrogen) atoms. The number of hydrogen-bond acceptors (Lipinski definition) is 3. The molecule has 0 heterocycles. The van der Waals surface area contributed by atoms with Crippen LogP contribution in [-0.4, -0.2) is 42.0 Å². The molecule has 0 bridgehead atoms. The third kappa shape index (κ3) is 6.34. The molecule has 0 aromatic heterocycles. The maximum absolute atomic E-state index is 11.3. The number of hydrogen-bond donors (Lipinski definition) is 2. The summed E-state index contributed by atoms with van der Waals surface area (Å²) in [6.07, 6.45) is 4.98. The van der Waals surface area contributed by atoms with Gasteiger partial charge in [0.15, 0.2) is 0 Å². The highest BCUT2D eigenvalue weighted by atomic mass is 16.5. The van der Waals surface area contributed by atoms with Crippen LogP contribution in [0.1, 0.15) is 43.7 Å². The van der Waals surface area contributed by atoms with Crippen LogP contribution < -0.4 is 4.74 Å². The second kappa shape index (κ2) is 10.3. The molecule has 1 aliphatic rings. The van der Waals surface area contributed by atoms with Crippen molar-refractivity contribution in [1.82, 2.24) is 4.90 Å². The molecule has 3 rings (SSSR count). The Bertz CT molecular complexity index is 890. The molecule has 0 amide bonds. The molecule has 1 aliphatic carbocycles. The van der Waals surface area contributed by atoms with Crippen molar-refractivity contribution in [2.45, 2.75) is 45.4 Å². The Kier molecular flexibility index (Phi) is 7.50. The summed E-state index contributed by atoms with van der Waals surface area (Å²) in [5, 5.41) is 17.4. The van der Waals surface area contributed by atoms with Crippen molar-refractivity contribution >= 4 is 11.8 Å². The van der Waals surface area contributed by atoms with Crippen molar-refractivity contribution in [1.29, 1.82) is 5.41 Å². The van der Waals surface area contributed by atoms with Crippen LogP contribution >= 0.6 is 0 Å². The van der Waals surface area contributed by atoms with Gasteiger partial charge in [-0.2, -0.15) is 0 Å². The van der Waals surface area contributed by atoms with Crippen molar-refractivity contribution in [2.75, 3.05) is 20.2 Å². The second-order valence-electron chi connectivity index (χ2n) is 8.16. The highest BCUT2D eigenvalue weighted by Gasteiger charge is 2.22. The van der Waals surface area contributed by atoms with Gasteiger partial charge in [-0.05, 0) is 67.3 Å². The first-order valence-corrected chi connectivity index (χ1v) is 10.8. The van der Waals surface area contributed by atoms with Crippen molar-refractivity contribution in [2.24, 2.45) is 5.92 Å². The molecule has 0 spiro atoms. The number of carbonyl (C=O) groups is 1. The Morgan fingerprint density at radius 3 is 2.67 bits per heavy atom. The van der Waals surface area contributed by atoms with Crippen LogP contribution in [-0.2, 0) is 17.6 Å². The average Bonchev–Trinajstić information content (AvgIpc) is 3.56. The minimum atomic E-state index is -0.850. The fourth-order valence-corrected chi connectivity index (χ4v) is 3.44. The number of nitrogens with zero attached hydrogens (tertiary/aromatic N) is 1. The summed E-state index contributed by atoms with van der Waals surface area (Å²) in [6, 6.07) is 14.2. The van der Waals surface area contributed by atoms with Crippen molar-refractivity contribution in [3.63, 3.8) is 0 Å². The zero-order valence-electron chi connectivity index (χ0n) is 18.0. The first-order valence-electron chi connectivity index (χ1n) is 10.8. The number of nitrogens with one attached hydrogen (secondary N) is 1. The van der Waals surface area contributed by atoms with Gasteiger partial charge in [0, 0.05) is 25.6 Å². The van der Waals surface area contributed by atoms with E-state index in [1.165, 1.54) is 18.4 Å². The second-order valence-corrected chi connectivity index (χ2v) is 8.16. The van der Waals surface area contributed by atoms with Gasteiger partial charge in [-0.15, -0.1) is 0 Å². The van der Waals surface area contributed by atoms with E-state index in [2.05, 4.69) is 25.1 Å². The SMILES string of the molecule is CCN(C)C(=N)CCCc1cccc(-c2ccc(OCC3CC3)c(CC(=O)O)c2)c1. The first kappa shape index (κ1) is 21.9. The van der Waals surface area contributed by atoms with Gasteiger partial charge < -0.3 is 14.7 Å². The Hall–Kier alpha value is -2.82. The number of amidine groups is 1. The van der Waals surface area contributed by atoms with E-state index in [0.717, 1.165) is 42.5 Å². The van der Waals surface area contributed by atoms with Gasteiger partial charge in [0.05, 0.1) is 18.9 Å². The van der Waals surface area contributed by atoms with Crippen LogP contribution in [0.4, 0.5) is 0 Å². The van der Waals surface area contributed by atoms with Crippen LogP contribution in [0.2, 0.25) is 0 Å². The summed E-state index contributed by atoms with van der Waals surface area (Å²) in [5.41, 5.74) is 4.04. The molecule has 2 aromatic carbocycles. The molecule has 0 radical (unpaired) electrons. The van der Waals surface area contributed by atoms with E-state index in [4.69, 9.17) is 10.1 Å². The zero-order chi connectivity index (χ0) is 21.5. The Balaban J connectivity index is 1.70. The molecular formula is C25H32N2O3. The lowest BCUT2D eigenvalue weighted by Gasteiger charge is -2.17. The molecule has 5 nitrogen and oxygen atoms in total. The number of benzene rings is 2. The summed E-state index contributed by atoms with van der Waals surface area (Å²) < 4.78 is 5.89. The lowest BCUT2D eigenvalue weighted by atomic mass is 9.97. The summed E-state index contributed by atoms with van der Waals surface area (Å²) in [7, 11) is 1.95. The van der Waals surface area contributed by atoms with Crippen LogP contribution in [0.3, 0.4) is 0 Å². The van der Waals surface area contributed by atoms with Crippen molar-refractivity contribution in [3.05, 3.63) is 53.6 Å². The fraction of sp³-hybridized carbons (Fsp3) is 0.440. The van der Waals surface area contributed by atoms with Crippen LogP contribution in [0.15, 0.2) is 42.5 Å². The Labute approximate surface area is 179 Å². The minimum Gasteiger partial charge on any atom is -0.493 e. The summed E-state index contributed by atoms with van der Waals surface area (Å²) in [6.45, 7) is 3.58. The average molecular weight is 409 g/mol. The van der Waals surface area contributed by atoms with E-state index < -0.39 is 5.97 Å². The molecule has 0 atom stereocenters.